The molecule has 2 saturated heterocycles. The van der Waals surface area contributed by atoms with Crippen LogP contribution in [-0.4, -0.2) is 36.2 Å². The molecule has 4 rings (SSSR count). The molecular formula is C18H21FN2O2. The minimum absolute atomic E-state index is 0.0718. The van der Waals surface area contributed by atoms with Crippen LogP contribution in [0.5, 0.6) is 0 Å². The van der Waals surface area contributed by atoms with Crippen molar-refractivity contribution in [3.63, 3.8) is 0 Å². The molecule has 0 aliphatic carbocycles. The van der Waals surface area contributed by atoms with Gasteiger partial charge in [-0.25, -0.2) is 4.39 Å². The van der Waals surface area contributed by atoms with Gasteiger partial charge in [-0.1, -0.05) is 6.07 Å². The first kappa shape index (κ1) is 14.7. The fourth-order valence-electron chi connectivity index (χ4n) is 3.72. The van der Waals surface area contributed by atoms with E-state index in [1.165, 1.54) is 12.1 Å². The van der Waals surface area contributed by atoms with Gasteiger partial charge in [-0.15, -0.1) is 0 Å². The summed E-state index contributed by atoms with van der Waals surface area (Å²) in [6.45, 7) is 3.45. The minimum Gasteiger partial charge on any atom is -0.468 e. The van der Waals surface area contributed by atoms with E-state index in [2.05, 4.69) is 10.2 Å². The molecule has 23 heavy (non-hydrogen) atoms. The number of ether oxygens (including phenoxy) is 1. The summed E-state index contributed by atoms with van der Waals surface area (Å²) in [7, 11) is 0. The van der Waals surface area contributed by atoms with Gasteiger partial charge in [0.05, 0.1) is 31.1 Å². The van der Waals surface area contributed by atoms with E-state index in [-0.39, 0.29) is 17.5 Å². The van der Waals surface area contributed by atoms with E-state index < -0.39 is 0 Å². The normalized spacial score (nSPS) is 27.8. The number of benzene rings is 1. The molecule has 0 saturated carbocycles. The predicted molar refractivity (Wildman–Crippen MR) is 85.7 cm³/mol. The first-order valence-electron chi connectivity index (χ1n) is 8.12. The van der Waals surface area contributed by atoms with Crippen molar-refractivity contribution in [2.75, 3.05) is 25.0 Å². The van der Waals surface area contributed by atoms with Crippen LogP contribution in [0.2, 0.25) is 0 Å². The summed E-state index contributed by atoms with van der Waals surface area (Å²) in [4.78, 5) is 2.38. The molecule has 0 radical (unpaired) electrons. The molecule has 0 amide bonds. The van der Waals surface area contributed by atoms with Gasteiger partial charge in [-0.3, -0.25) is 4.90 Å². The van der Waals surface area contributed by atoms with Crippen LogP contribution in [-0.2, 0) is 11.3 Å². The second kappa shape index (κ2) is 5.98. The molecule has 5 heteroatoms. The third-order valence-electron chi connectivity index (χ3n) is 4.76. The number of anilines is 1. The van der Waals surface area contributed by atoms with Crippen LogP contribution in [0, 0.1) is 5.82 Å². The smallest absolute Gasteiger partial charge is 0.125 e. The highest BCUT2D eigenvalue weighted by Crippen LogP contribution is 2.36. The van der Waals surface area contributed by atoms with E-state index in [4.69, 9.17) is 9.15 Å². The lowest BCUT2D eigenvalue weighted by Gasteiger charge is -2.23. The molecule has 1 aromatic carbocycles. The molecule has 1 spiro atoms. The molecular weight excluding hydrogens is 295 g/mol. The first-order valence-corrected chi connectivity index (χ1v) is 8.12. The van der Waals surface area contributed by atoms with E-state index in [0.29, 0.717) is 6.61 Å². The van der Waals surface area contributed by atoms with Crippen LogP contribution in [0.1, 0.15) is 18.6 Å². The van der Waals surface area contributed by atoms with Gasteiger partial charge in [0.2, 0.25) is 0 Å². The maximum Gasteiger partial charge on any atom is 0.125 e. The van der Waals surface area contributed by atoms with Crippen LogP contribution < -0.4 is 5.32 Å². The zero-order valence-corrected chi connectivity index (χ0v) is 13.0. The predicted octanol–water partition coefficient (Wildman–Crippen LogP) is 3.26. The van der Waals surface area contributed by atoms with E-state index in [1.54, 1.807) is 12.3 Å². The Hall–Kier alpha value is -1.85. The van der Waals surface area contributed by atoms with Crippen molar-refractivity contribution >= 4 is 5.69 Å². The van der Waals surface area contributed by atoms with Crippen LogP contribution in [0.25, 0.3) is 0 Å². The molecule has 2 aliphatic heterocycles. The maximum absolute atomic E-state index is 13.3. The number of nitrogens with one attached hydrogen (secondary N) is 1. The van der Waals surface area contributed by atoms with Crippen LogP contribution in [0.4, 0.5) is 10.1 Å². The standard InChI is InChI=1S/C18H21FN2O2/c19-14-3-1-4-15(9-14)20-16-10-18(23-12-16)6-7-21(13-18)11-17-5-2-8-22-17/h1-5,8-9,16,20H,6-7,10-13H2. The van der Waals surface area contributed by atoms with Gasteiger partial charge in [-0.05, 0) is 36.8 Å². The van der Waals surface area contributed by atoms with Gasteiger partial charge < -0.3 is 14.5 Å². The van der Waals surface area contributed by atoms with Crippen molar-refractivity contribution in [1.29, 1.82) is 0 Å². The number of halogens is 1. The van der Waals surface area contributed by atoms with Crippen molar-refractivity contribution in [3.8, 4) is 0 Å². The number of rotatable bonds is 4. The molecule has 3 heterocycles. The van der Waals surface area contributed by atoms with E-state index >= 15 is 0 Å². The topological polar surface area (TPSA) is 37.6 Å². The van der Waals surface area contributed by atoms with Crippen LogP contribution >= 0.6 is 0 Å². The number of nitrogens with zero attached hydrogens (tertiary/aromatic N) is 1. The van der Waals surface area contributed by atoms with Crippen molar-refractivity contribution in [3.05, 3.63) is 54.2 Å². The van der Waals surface area contributed by atoms with Gasteiger partial charge in [-0.2, -0.15) is 0 Å². The number of hydrogen-bond acceptors (Lipinski definition) is 4. The summed E-state index contributed by atoms with van der Waals surface area (Å²) in [5, 5.41) is 3.39. The molecule has 0 bridgehead atoms. The maximum atomic E-state index is 13.3. The fraction of sp³-hybridized carbons (Fsp3) is 0.444. The highest BCUT2D eigenvalue weighted by atomic mass is 19.1. The Morgan fingerprint density at radius 3 is 3.09 bits per heavy atom. The Balaban J connectivity index is 1.34. The van der Waals surface area contributed by atoms with Crippen LogP contribution in [0.15, 0.2) is 47.1 Å². The van der Waals surface area contributed by atoms with Crippen molar-refractivity contribution in [2.24, 2.45) is 0 Å². The monoisotopic (exact) mass is 316 g/mol. The Bertz CT molecular complexity index is 661. The Morgan fingerprint density at radius 2 is 2.26 bits per heavy atom. The average Bonchev–Trinajstić information content (AvgIpc) is 3.24. The zero-order valence-electron chi connectivity index (χ0n) is 13.0. The van der Waals surface area contributed by atoms with Crippen molar-refractivity contribution < 1.29 is 13.5 Å². The third-order valence-corrected chi connectivity index (χ3v) is 4.76. The fourth-order valence-corrected chi connectivity index (χ4v) is 3.72. The van der Waals surface area contributed by atoms with E-state index in [1.807, 2.05) is 18.2 Å². The quantitative estimate of drug-likeness (QED) is 0.939. The van der Waals surface area contributed by atoms with Crippen molar-refractivity contribution in [1.82, 2.24) is 4.90 Å². The molecule has 2 unspecified atom stereocenters. The summed E-state index contributed by atoms with van der Waals surface area (Å²) >= 11 is 0. The van der Waals surface area contributed by atoms with Gasteiger partial charge in [0.1, 0.15) is 11.6 Å². The van der Waals surface area contributed by atoms with Crippen molar-refractivity contribution in [2.45, 2.75) is 31.0 Å². The summed E-state index contributed by atoms with van der Waals surface area (Å²) in [6.07, 6.45) is 3.71. The number of likely N-dealkylation sites (tertiary alicyclic amines) is 1. The lowest BCUT2D eigenvalue weighted by atomic mass is 9.97. The minimum atomic E-state index is -0.214. The summed E-state index contributed by atoms with van der Waals surface area (Å²) in [5.41, 5.74) is 0.749. The second-order valence-electron chi connectivity index (χ2n) is 6.59. The Morgan fingerprint density at radius 1 is 1.30 bits per heavy atom. The molecule has 2 atom stereocenters. The van der Waals surface area contributed by atoms with Gasteiger partial charge >= 0.3 is 0 Å². The molecule has 1 N–H and O–H groups in total. The molecule has 4 nitrogen and oxygen atoms in total. The molecule has 2 fully saturated rings. The number of furan rings is 1. The van der Waals surface area contributed by atoms with Gasteiger partial charge in [0, 0.05) is 25.2 Å². The largest absolute Gasteiger partial charge is 0.468 e. The van der Waals surface area contributed by atoms with Gasteiger partial charge in [0.15, 0.2) is 0 Å². The third kappa shape index (κ3) is 3.26. The molecule has 122 valence electrons. The zero-order chi connectivity index (χ0) is 15.7. The lowest BCUT2D eigenvalue weighted by Crippen LogP contribution is -2.33. The first-order chi connectivity index (χ1) is 11.2. The molecule has 2 aromatic rings. The molecule has 1 aromatic heterocycles. The Labute approximate surface area is 135 Å². The Kier molecular flexibility index (Phi) is 3.83. The SMILES string of the molecule is Fc1cccc(NC2COC3(CCN(Cc4ccco4)C3)C2)c1. The highest BCUT2D eigenvalue weighted by molar-refractivity contribution is 5.44. The average molecular weight is 316 g/mol. The van der Waals surface area contributed by atoms with Gasteiger partial charge in [0.25, 0.3) is 0 Å². The second-order valence-corrected chi connectivity index (χ2v) is 6.59. The summed E-state index contributed by atoms with van der Waals surface area (Å²) in [6, 6.07) is 10.8. The molecule has 2 aliphatic rings. The number of hydrogen-bond donors (Lipinski definition) is 1. The van der Waals surface area contributed by atoms with E-state index in [0.717, 1.165) is 43.9 Å². The lowest BCUT2D eigenvalue weighted by molar-refractivity contribution is 0.0115. The summed E-state index contributed by atoms with van der Waals surface area (Å²) in [5.74, 6) is 0.781. The van der Waals surface area contributed by atoms with Crippen LogP contribution in [0.3, 0.4) is 0 Å². The highest BCUT2D eigenvalue weighted by Gasteiger charge is 2.45. The van der Waals surface area contributed by atoms with E-state index in [9.17, 15) is 4.39 Å². The summed E-state index contributed by atoms with van der Waals surface area (Å²) < 4.78 is 24.8.